The van der Waals surface area contributed by atoms with Gasteiger partial charge in [-0.2, -0.15) is 13.2 Å². The third-order valence-corrected chi connectivity index (χ3v) is 7.14. The number of carbonyl (C=O) groups is 2. The first-order chi connectivity index (χ1) is 17.0. The highest BCUT2D eigenvalue weighted by Gasteiger charge is 2.34. The average Bonchev–Trinajstić information content (AvgIpc) is 3.36. The number of halogens is 4. The van der Waals surface area contributed by atoms with Gasteiger partial charge in [0.25, 0.3) is 5.91 Å². The van der Waals surface area contributed by atoms with Gasteiger partial charge in [-0.05, 0) is 62.1 Å². The molecule has 2 fully saturated rings. The van der Waals surface area contributed by atoms with Crippen molar-refractivity contribution in [2.45, 2.75) is 58.3 Å². The fourth-order valence-electron chi connectivity index (χ4n) is 5.07. The van der Waals surface area contributed by atoms with Crippen molar-refractivity contribution in [1.29, 1.82) is 0 Å². The lowest BCUT2D eigenvalue weighted by atomic mass is 10.0. The minimum absolute atomic E-state index is 0.0482. The molecule has 1 atom stereocenters. The molecule has 1 N–H and O–H groups in total. The van der Waals surface area contributed by atoms with Crippen LogP contribution in [-0.2, 0) is 17.5 Å². The highest BCUT2D eigenvalue weighted by molar-refractivity contribution is 6.04. The first kappa shape index (κ1) is 26.1. The number of aromatic nitrogens is 1. The van der Waals surface area contributed by atoms with E-state index in [0.717, 1.165) is 44.0 Å². The van der Waals surface area contributed by atoms with Crippen molar-refractivity contribution < 1.29 is 27.2 Å². The molecule has 0 spiro atoms. The Labute approximate surface area is 207 Å². The lowest BCUT2D eigenvalue weighted by Gasteiger charge is -2.41. The molecule has 0 radical (unpaired) electrons. The van der Waals surface area contributed by atoms with Gasteiger partial charge in [0.15, 0.2) is 0 Å². The number of nitrogens with zero attached hydrogens (tertiary/aromatic N) is 3. The molecule has 1 aliphatic heterocycles. The topological polar surface area (TPSA) is 65.5 Å². The molecule has 2 aliphatic rings. The monoisotopic (exact) mass is 506 g/mol. The Hall–Kier alpha value is -3.01. The summed E-state index contributed by atoms with van der Waals surface area (Å²) < 4.78 is 52.6. The van der Waals surface area contributed by atoms with Gasteiger partial charge in [-0.25, -0.2) is 4.39 Å². The number of amides is 2. The Morgan fingerprint density at radius 1 is 1.14 bits per heavy atom. The second-order valence-electron chi connectivity index (χ2n) is 9.72. The predicted octanol–water partition coefficient (Wildman–Crippen LogP) is 5.02. The maximum absolute atomic E-state index is 14.5. The molecule has 1 aromatic heterocycles. The number of benzene rings is 1. The smallest absolute Gasteiger partial charge is 0.337 e. The Morgan fingerprint density at radius 2 is 1.86 bits per heavy atom. The van der Waals surface area contributed by atoms with Crippen LogP contribution in [0.25, 0.3) is 0 Å². The van der Waals surface area contributed by atoms with Crippen LogP contribution >= 0.6 is 0 Å². The standard InChI is InChI=1S/C26H30F4N4O2/c1-16-14-33(9-10-34(16)25(36)18-5-3-4-6-18)15-20-11-21(27)12-22(17(20)2)32-24(35)19-7-8-23(31-13-19)26(28,29)30/h7-8,11-13,16,18H,3-6,9-10,14-15H2,1-2H3,(H,32,35). The number of hydrogen-bond donors (Lipinski definition) is 1. The Bertz CT molecular complexity index is 1110. The van der Waals surface area contributed by atoms with E-state index in [-0.39, 0.29) is 29.1 Å². The van der Waals surface area contributed by atoms with Gasteiger partial charge < -0.3 is 10.2 Å². The number of pyridine rings is 1. The van der Waals surface area contributed by atoms with Crippen LogP contribution < -0.4 is 5.32 Å². The van der Waals surface area contributed by atoms with Crippen molar-refractivity contribution in [3.8, 4) is 0 Å². The highest BCUT2D eigenvalue weighted by Crippen LogP contribution is 2.30. The third-order valence-electron chi connectivity index (χ3n) is 7.14. The molecule has 2 heterocycles. The van der Waals surface area contributed by atoms with Crippen LogP contribution in [0.3, 0.4) is 0 Å². The molecule has 0 bridgehead atoms. The second kappa shape index (κ2) is 10.5. The summed E-state index contributed by atoms with van der Waals surface area (Å²) in [6.45, 7) is 6.18. The van der Waals surface area contributed by atoms with Crippen LogP contribution in [0.2, 0.25) is 0 Å². The fourth-order valence-corrected chi connectivity index (χ4v) is 5.07. The molecular formula is C26H30F4N4O2. The Kier molecular flexibility index (Phi) is 7.63. The van der Waals surface area contributed by atoms with E-state index in [1.165, 1.54) is 12.1 Å². The number of carbonyl (C=O) groups excluding carboxylic acids is 2. The molecule has 2 aromatic rings. The lowest BCUT2D eigenvalue weighted by molar-refractivity contribution is -0.141. The van der Waals surface area contributed by atoms with Crippen LogP contribution in [0.1, 0.15) is 59.8 Å². The van der Waals surface area contributed by atoms with Crippen LogP contribution in [0.4, 0.5) is 23.2 Å². The first-order valence-electron chi connectivity index (χ1n) is 12.2. The molecule has 1 aliphatic carbocycles. The number of piperazine rings is 1. The summed E-state index contributed by atoms with van der Waals surface area (Å²) in [6, 6.07) is 4.43. The molecule has 4 rings (SSSR count). The zero-order valence-electron chi connectivity index (χ0n) is 20.4. The van der Waals surface area contributed by atoms with Gasteiger partial charge in [-0.3, -0.25) is 19.5 Å². The number of anilines is 1. The molecule has 2 amide bonds. The summed E-state index contributed by atoms with van der Waals surface area (Å²) in [4.78, 5) is 32.9. The molecule has 1 aromatic carbocycles. The quantitative estimate of drug-likeness (QED) is 0.579. The number of nitrogens with one attached hydrogen (secondary N) is 1. The van der Waals surface area contributed by atoms with Crippen molar-refractivity contribution in [3.63, 3.8) is 0 Å². The van der Waals surface area contributed by atoms with Gasteiger partial charge in [-0.15, -0.1) is 0 Å². The largest absolute Gasteiger partial charge is 0.433 e. The van der Waals surface area contributed by atoms with E-state index in [2.05, 4.69) is 15.2 Å². The minimum atomic E-state index is -4.60. The maximum Gasteiger partial charge on any atom is 0.433 e. The SMILES string of the molecule is Cc1c(CN2CCN(C(=O)C3CCCC3)C(C)C2)cc(F)cc1NC(=O)c1ccc(C(F)(F)F)nc1. The van der Waals surface area contributed by atoms with Gasteiger partial charge in [0, 0.05) is 50.0 Å². The van der Waals surface area contributed by atoms with Crippen LogP contribution in [0.5, 0.6) is 0 Å². The molecule has 1 saturated carbocycles. The highest BCUT2D eigenvalue weighted by atomic mass is 19.4. The second-order valence-corrected chi connectivity index (χ2v) is 9.72. The summed E-state index contributed by atoms with van der Waals surface area (Å²) in [5.41, 5.74) is 0.450. The van der Waals surface area contributed by atoms with Crippen molar-refractivity contribution >= 4 is 17.5 Å². The van der Waals surface area contributed by atoms with E-state index in [1.807, 2.05) is 11.8 Å². The van der Waals surface area contributed by atoms with Gasteiger partial charge in [0.05, 0.1) is 5.56 Å². The van der Waals surface area contributed by atoms with E-state index in [9.17, 15) is 27.2 Å². The van der Waals surface area contributed by atoms with Gasteiger partial charge >= 0.3 is 6.18 Å². The molecular weight excluding hydrogens is 476 g/mol. The first-order valence-corrected chi connectivity index (χ1v) is 12.2. The molecule has 6 nitrogen and oxygen atoms in total. The van der Waals surface area contributed by atoms with Crippen molar-refractivity contribution in [2.75, 3.05) is 25.0 Å². The Morgan fingerprint density at radius 3 is 2.47 bits per heavy atom. The maximum atomic E-state index is 14.5. The van der Waals surface area contributed by atoms with E-state index >= 15 is 0 Å². The summed E-state index contributed by atoms with van der Waals surface area (Å²) in [5, 5.41) is 2.59. The van der Waals surface area contributed by atoms with Gasteiger partial charge in [-0.1, -0.05) is 12.8 Å². The summed E-state index contributed by atoms with van der Waals surface area (Å²) in [6.07, 6.45) is 0.392. The van der Waals surface area contributed by atoms with E-state index < -0.39 is 23.6 Å². The number of rotatable bonds is 5. The zero-order valence-corrected chi connectivity index (χ0v) is 20.4. The van der Waals surface area contributed by atoms with Crippen molar-refractivity contribution in [3.05, 3.63) is 58.7 Å². The summed E-state index contributed by atoms with van der Waals surface area (Å²) in [7, 11) is 0. The van der Waals surface area contributed by atoms with Crippen LogP contribution in [0, 0.1) is 18.7 Å². The van der Waals surface area contributed by atoms with Gasteiger partial charge in [0.2, 0.25) is 5.91 Å². The van der Waals surface area contributed by atoms with E-state index in [0.29, 0.717) is 37.3 Å². The zero-order chi connectivity index (χ0) is 26.0. The minimum Gasteiger partial charge on any atom is -0.337 e. The van der Waals surface area contributed by atoms with E-state index in [1.54, 1.807) is 6.92 Å². The van der Waals surface area contributed by atoms with Gasteiger partial charge in [0.1, 0.15) is 11.5 Å². The average molecular weight is 507 g/mol. The number of hydrogen-bond acceptors (Lipinski definition) is 4. The van der Waals surface area contributed by atoms with Crippen molar-refractivity contribution in [1.82, 2.24) is 14.8 Å². The fraction of sp³-hybridized carbons (Fsp3) is 0.500. The van der Waals surface area contributed by atoms with Crippen LogP contribution in [0.15, 0.2) is 30.5 Å². The van der Waals surface area contributed by atoms with E-state index in [4.69, 9.17) is 0 Å². The molecule has 1 saturated heterocycles. The normalized spacial score (nSPS) is 19.5. The van der Waals surface area contributed by atoms with Crippen LogP contribution in [-0.4, -0.2) is 52.3 Å². The molecule has 10 heteroatoms. The molecule has 1 unspecified atom stereocenters. The Balaban J connectivity index is 1.42. The lowest BCUT2D eigenvalue weighted by Crippen LogP contribution is -2.54. The number of alkyl halides is 3. The van der Waals surface area contributed by atoms with Crippen molar-refractivity contribution in [2.24, 2.45) is 5.92 Å². The molecule has 36 heavy (non-hydrogen) atoms. The summed E-state index contributed by atoms with van der Waals surface area (Å²) in [5.74, 6) is -0.831. The predicted molar refractivity (Wildman–Crippen MR) is 127 cm³/mol. The molecule has 194 valence electrons. The summed E-state index contributed by atoms with van der Waals surface area (Å²) >= 11 is 0. The third kappa shape index (κ3) is 5.86.